The summed E-state index contributed by atoms with van der Waals surface area (Å²) in [4.78, 5) is 2.49. The SMILES string of the molecule is O=[Se](=O)(C=CBr)c1ccc(Cl)cc1. The molecule has 0 aliphatic carbocycles. The second kappa shape index (κ2) is 4.38. The number of hydrogen-bond acceptors (Lipinski definition) is 2. The Bertz CT molecular complexity index is 408. The van der Waals surface area contributed by atoms with Crippen molar-refractivity contribution in [3.05, 3.63) is 39.2 Å². The van der Waals surface area contributed by atoms with Crippen LogP contribution < -0.4 is 4.46 Å². The van der Waals surface area contributed by atoms with Gasteiger partial charge in [0.1, 0.15) is 0 Å². The van der Waals surface area contributed by atoms with Crippen LogP contribution >= 0.6 is 27.5 Å². The van der Waals surface area contributed by atoms with E-state index in [2.05, 4.69) is 15.9 Å². The number of halogens is 2. The Morgan fingerprint density at radius 1 is 1.23 bits per heavy atom. The summed E-state index contributed by atoms with van der Waals surface area (Å²) in [6, 6.07) is 6.10. The Morgan fingerprint density at radius 3 is 2.23 bits per heavy atom. The van der Waals surface area contributed by atoms with Gasteiger partial charge in [0.2, 0.25) is 0 Å². The van der Waals surface area contributed by atoms with Gasteiger partial charge in [-0.05, 0) is 0 Å². The van der Waals surface area contributed by atoms with Gasteiger partial charge in [-0.1, -0.05) is 0 Å². The first-order chi connectivity index (χ1) is 6.06. The topological polar surface area (TPSA) is 34.1 Å². The van der Waals surface area contributed by atoms with Crippen molar-refractivity contribution in [1.82, 2.24) is 0 Å². The molecule has 0 aliphatic heterocycles. The van der Waals surface area contributed by atoms with Crippen LogP contribution in [-0.2, 0) is 7.67 Å². The number of rotatable bonds is 2. The van der Waals surface area contributed by atoms with Gasteiger partial charge < -0.3 is 0 Å². The van der Waals surface area contributed by atoms with E-state index in [9.17, 15) is 7.67 Å². The predicted octanol–water partition coefficient (Wildman–Crippen LogP) is 2.30. The number of benzene rings is 1. The van der Waals surface area contributed by atoms with Crippen LogP contribution in [0.1, 0.15) is 0 Å². The van der Waals surface area contributed by atoms with E-state index in [0.29, 0.717) is 9.48 Å². The van der Waals surface area contributed by atoms with Gasteiger partial charge in [0.05, 0.1) is 0 Å². The average molecular weight is 328 g/mol. The van der Waals surface area contributed by atoms with Crippen molar-refractivity contribution in [2.24, 2.45) is 0 Å². The fourth-order valence-corrected chi connectivity index (χ4v) is 4.07. The molecule has 0 atom stereocenters. The van der Waals surface area contributed by atoms with Crippen LogP contribution in [-0.4, -0.2) is 12.7 Å². The van der Waals surface area contributed by atoms with Crippen molar-refractivity contribution in [3.8, 4) is 0 Å². The quantitative estimate of drug-likeness (QED) is 0.781. The maximum absolute atomic E-state index is 11.5. The molecule has 5 heteroatoms. The minimum atomic E-state index is -4.07. The van der Waals surface area contributed by atoms with Gasteiger partial charge in [0.25, 0.3) is 0 Å². The molecule has 0 fully saturated rings. The minimum absolute atomic E-state index is 0.302. The average Bonchev–Trinajstić information content (AvgIpc) is 2.05. The first-order valence-electron chi connectivity index (χ1n) is 3.34. The van der Waals surface area contributed by atoms with E-state index >= 15 is 0 Å². The van der Waals surface area contributed by atoms with Gasteiger partial charge in [0.15, 0.2) is 0 Å². The van der Waals surface area contributed by atoms with Gasteiger partial charge in [-0.25, -0.2) is 0 Å². The van der Waals surface area contributed by atoms with E-state index in [1.165, 1.54) is 17.1 Å². The van der Waals surface area contributed by atoms with Crippen LogP contribution in [0, 0.1) is 0 Å². The molecule has 13 heavy (non-hydrogen) atoms. The Morgan fingerprint density at radius 2 is 1.77 bits per heavy atom. The van der Waals surface area contributed by atoms with Crippen molar-refractivity contribution in [3.63, 3.8) is 0 Å². The van der Waals surface area contributed by atoms with Crippen LogP contribution in [0.2, 0.25) is 5.02 Å². The third-order valence-corrected chi connectivity index (χ3v) is 5.66. The summed E-state index contributed by atoms with van der Waals surface area (Å²) in [7, 11) is 0. The molecule has 0 bridgehead atoms. The van der Waals surface area contributed by atoms with Gasteiger partial charge in [-0.2, -0.15) is 0 Å². The molecule has 0 saturated heterocycles. The molecule has 1 aromatic carbocycles. The Hall–Kier alpha value is -0.151. The zero-order chi connectivity index (χ0) is 9.90. The zero-order valence-electron chi connectivity index (χ0n) is 6.44. The summed E-state index contributed by atoms with van der Waals surface area (Å²) in [5.41, 5.74) is 0. The van der Waals surface area contributed by atoms with Crippen molar-refractivity contribution < 1.29 is 7.67 Å². The van der Waals surface area contributed by atoms with Crippen molar-refractivity contribution in [2.45, 2.75) is 0 Å². The molecule has 1 rings (SSSR count). The summed E-state index contributed by atoms with van der Waals surface area (Å²) < 4.78 is 23.2. The molecule has 0 saturated carbocycles. The van der Waals surface area contributed by atoms with Crippen molar-refractivity contribution >= 4 is 44.7 Å². The first kappa shape index (κ1) is 10.9. The molecule has 70 valence electrons. The molecule has 0 aromatic heterocycles. The molecular formula is C8H6BrClO2Se. The summed E-state index contributed by atoms with van der Waals surface area (Å²) in [5, 5.41) is 0.527. The third kappa shape index (κ3) is 2.92. The molecule has 0 amide bonds. The predicted molar refractivity (Wildman–Crippen MR) is 56.3 cm³/mol. The van der Waals surface area contributed by atoms with E-state index in [4.69, 9.17) is 11.6 Å². The van der Waals surface area contributed by atoms with Crippen LogP contribution in [0.5, 0.6) is 0 Å². The van der Waals surface area contributed by atoms with Crippen LogP contribution in [0.4, 0.5) is 0 Å². The second-order valence-corrected chi connectivity index (χ2v) is 7.07. The van der Waals surface area contributed by atoms with Crippen molar-refractivity contribution in [1.29, 1.82) is 0 Å². The van der Waals surface area contributed by atoms with Crippen LogP contribution in [0.25, 0.3) is 0 Å². The monoisotopic (exact) mass is 328 g/mol. The molecule has 0 aliphatic rings. The van der Waals surface area contributed by atoms with E-state index in [1.54, 1.807) is 12.1 Å². The van der Waals surface area contributed by atoms with Gasteiger partial charge >= 0.3 is 91.6 Å². The molecule has 0 radical (unpaired) electrons. The van der Waals surface area contributed by atoms with Crippen molar-refractivity contribution in [2.75, 3.05) is 0 Å². The molecule has 1 aromatic rings. The van der Waals surface area contributed by atoms with E-state index in [-0.39, 0.29) is 0 Å². The number of hydrogen-bond donors (Lipinski definition) is 0. The fraction of sp³-hybridized carbons (Fsp3) is 0. The summed E-state index contributed by atoms with van der Waals surface area (Å²) in [6.45, 7) is 0. The normalized spacial score (nSPS) is 12.2. The van der Waals surface area contributed by atoms with Gasteiger partial charge in [-0.15, -0.1) is 0 Å². The molecule has 0 spiro atoms. The zero-order valence-corrected chi connectivity index (χ0v) is 10.5. The van der Waals surface area contributed by atoms with E-state index in [0.717, 1.165) is 4.97 Å². The molecule has 0 heterocycles. The molecule has 2 nitrogen and oxygen atoms in total. The van der Waals surface area contributed by atoms with Gasteiger partial charge in [-0.3, -0.25) is 0 Å². The Balaban J connectivity index is 3.17. The van der Waals surface area contributed by atoms with Crippen LogP contribution in [0.3, 0.4) is 0 Å². The van der Waals surface area contributed by atoms with E-state index in [1.807, 2.05) is 0 Å². The van der Waals surface area contributed by atoms with Crippen LogP contribution in [0.15, 0.2) is 34.2 Å². The Labute approximate surface area is 91.4 Å². The fourth-order valence-electron chi connectivity index (χ4n) is 0.771. The third-order valence-electron chi connectivity index (χ3n) is 1.37. The Kier molecular flexibility index (Phi) is 3.68. The summed E-state index contributed by atoms with van der Waals surface area (Å²) in [5.74, 6) is 0. The maximum atomic E-state index is 11.5. The van der Waals surface area contributed by atoms with E-state index < -0.39 is 12.7 Å². The molecule has 0 unspecified atom stereocenters. The standard InChI is InChI=1S/C8H6BrClO2Se/c9-5-6-13(11,12)8-3-1-7(10)2-4-8/h1-6H. The summed E-state index contributed by atoms with van der Waals surface area (Å²) >= 11 is 4.49. The van der Waals surface area contributed by atoms with Gasteiger partial charge in [0, 0.05) is 0 Å². The second-order valence-electron chi connectivity index (χ2n) is 2.26. The molecule has 0 N–H and O–H groups in total. The summed E-state index contributed by atoms with van der Waals surface area (Å²) in [6.07, 6.45) is 0. The first-order valence-corrected chi connectivity index (χ1v) is 7.87. The molecular weight excluding hydrogens is 322 g/mol.